The first kappa shape index (κ1) is 12.9. The molecule has 0 aliphatic rings. The number of pyridine rings is 1. The van der Waals surface area contributed by atoms with Gasteiger partial charge in [-0.25, -0.2) is 0 Å². The van der Waals surface area contributed by atoms with Gasteiger partial charge in [0, 0.05) is 16.1 Å². The van der Waals surface area contributed by atoms with Gasteiger partial charge in [-0.15, -0.1) is 11.8 Å². The molecular weight excluding hydrogens is 268 g/mol. The summed E-state index contributed by atoms with van der Waals surface area (Å²) in [6.45, 7) is 0. The van der Waals surface area contributed by atoms with Gasteiger partial charge < -0.3 is 5.32 Å². The van der Waals surface area contributed by atoms with Crippen molar-refractivity contribution in [1.82, 2.24) is 4.98 Å². The number of hydrogen-bond donors (Lipinski definition) is 1. The zero-order valence-corrected chi connectivity index (χ0v) is 11.0. The Bertz CT molecular complexity index is 516. The molecular formula is C13H11ClN2OS. The molecule has 1 aromatic carbocycles. The van der Waals surface area contributed by atoms with Crippen LogP contribution in [0.25, 0.3) is 0 Å². The third kappa shape index (κ3) is 4.05. The Morgan fingerprint density at radius 2 is 2.06 bits per heavy atom. The first-order valence-corrected chi connectivity index (χ1v) is 6.68. The molecule has 0 saturated carbocycles. The second-order valence-electron chi connectivity index (χ2n) is 3.53. The highest BCUT2D eigenvalue weighted by atomic mass is 35.5. The molecule has 5 heteroatoms. The van der Waals surface area contributed by atoms with Crippen LogP contribution in [0, 0.1) is 0 Å². The van der Waals surface area contributed by atoms with Crippen LogP contribution in [0.3, 0.4) is 0 Å². The van der Waals surface area contributed by atoms with E-state index in [9.17, 15) is 4.79 Å². The summed E-state index contributed by atoms with van der Waals surface area (Å²) in [5, 5.41) is 3.47. The largest absolute Gasteiger partial charge is 0.324 e. The molecule has 0 fully saturated rings. The Balaban J connectivity index is 1.83. The number of halogens is 1. The van der Waals surface area contributed by atoms with Gasteiger partial charge in [0.1, 0.15) is 0 Å². The fourth-order valence-corrected chi connectivity index (χ4v) is 2.14. The van der Waals surface area contributed by atoms with Crippen LogP contribution < -0.4 is 5.32 Å². The number of hydrogen-bond acceptors (Lipinski definition) is 3. The molecule has 0 unspecified atom stereocenters. The van der Waals surface area contributed by atoms with Gasteiger partial charge in [-0.2, -0.15) is 0 Å². The number of anilines is 1. The van der Waals surface area contributed by atoms with E-state index in [0.29, 0.717) is 16.5 Å². The van der Waals surface area contributed by atoms with Crippen molar-refractivity contribution in [3.63, 3.8) is 0 Å². The van der Waals surface area contributed by atoms with E-state index >= 15 is 0 Å². The SMILES string of the molecule is O=C(CSc1ccc(Cl)cc1)Nc1cccnc1. The van der Waals surface area contributed by atoms with Crippen LogP contribution in [-0.2, 0) is 4.79 Å². The Morgan fingerprint density at radius 3 is 2.72 bits per heavy atom. The molecule has 0 bridgehead atoms. The molecule has 2 aromatic rings. The summed E-state index contributed by atoms with van der Waals surface area (Å²) in [6, 6.07) is 11.0. The quantitative estimate of drug-likeness (QED) is 0.871. The molecule has 1 heterocycles. The Morgan fingerprint density at radius 1 is 1.28 bits per heavy atom. The maximum Gasteiger partial charge on any atom is 0.234 e. The van der Waals surface area contributed by atoms with Gasteiger partial charge in [-0.1, -0.05) is 11.6 Å². The minimum Gasteiger partial charge on any atom is -0.324 e. The fourth-order valence-electron chi connectivity index (χ4n) is 1.31. The Hall–Kier alpha value is -1.52. The number of rotatable bonds is 4. The molecule has 92 valence electrons. The summed E-state index contributed by atoms with van der Waals surface area (Å²) in [7, 11) is 0. The van der Waals surface area contributed by atoms with Crippen molar-refractivity contribution in [2.45, 2.75) is 4.90 Å². The Kier molecular flexibility index (Phi) is 4.61. The average Bonchev–Trinajstić information content (AvgIpc) is 2.39. The molecule has 2 rings (SSSR count). The number of nitrogens with one attached hydrogen (secondary N) is 1. The third-order valence-electron chi connectivity index (χ3n) is 2.13. The van der Waals surface area contributed by atoms with Crippen LogP contribution in [0.15, 0.2) is 53.7 Å². The second-order valence-corrected chi connectivity index (χ2v) is 5.02. The summed E-state index contributed by atoms with van der Waals surface area (Å²) >= 11 is 7.25. The van der Waals surface area contributed by atoms with E-state index < -0.39 is 0 Å². The van der Waals surface area contributed by atoms with E-state index in [1.54, 1.807) is 24.5 Å². The summed E-state index contributed by atoms with van der Waals surface area (Å²) in [5.74, 6) is 0.305. The normalized spacial score (nSPS) is 10.1. The summed E-state index contributed by atoms with van der Waals surface area (Å²) in [5.41, 5.74) is 0.708. The molecule has 0 aliphatic heterocycles. The number of nitrogens with zero attached hydrogens (tertiary/aromatic N) is 1. The lowest BCUT2D eigenvalue weighted by molar-refractivity contribution is -0.113. The van der Waals surface area contributed by atoms with Crippen LogP contribution in [0.1, 0.15) is 0 Å². The standard InChI is InChI=1S/C13H11ClN2OS/c14-10-3-5-12(6-4-10)18-9-13(17)16-11-2-1-7-15-8-11/h1-8H,9H2,(H,16,17). The molecule has 0 aliphatic carbocycles. The highest BCUT2D eigenvalue weighted by molar-refractivity contribution is 8.00. The summed E-state index contributed by atoms with van der Waals surface area (Å²) in [4.78, 5) is 16.6. The molecule has 0 atom stereocenters. The zero-order chi connectivity index (χ0) is 12.8. The molecule has 0 radical (unpaired) electrons. The molecule has 1 amide bonds. The first-order chi connectivity index (χ1) is 8.74. The summed E-state index contributed by atoms with van der Waals surface area (Å²) in [6.07, 6.45) is 3.28. The van der Waals surface area contributed by atoms with Crippen LogP contribution in [0.5, 0.6) is 0 Å². The molecule has 1 aromatic heterocycles. The lowest BCUT2D eigenvalue weighted by Crippen LogP contribution is -2.13. The van der Waals surface area contributed by atoms with E-state index in [1.807, 2.05) is 24.3 Å². The molecule has 1 N–H and O–H groups in total. The highest BCUT2D eigenvalue weighted by Gasteiger charge is 2.03. The number of aromatic nitrogens is 1. The number of carbonyl (C=O) groups excluding carboxylic acids is 1. The van der Waals surface area contributed by atoms with Crippen molar-refractivity contribution in [3.8, 4) is 0 Å². The predicted octanol–water partition coefficient (Wildman–Crippen LogP) is 3.47. The fraction of sp³-hybridized carbons (Fsp3) is 0.0769. The van der Waals surface area contributed by atoms with Gasteiger partial charge in [0.25, 0.3) is 0 Å². The molecule has 0 spiro atoms. The van der Waals surface area contributed by atoms with Gasteiger partial charge in [0.15, 0.2) is 0 Å². The van der Waals surface area contributed by atoms with Crippen molar-refractivity contribution in [3.05, 3.63) is 53.8 Å². The van der Waals surface area contributed by atoms with E-state index in [4.69, 9.17) is 11.6 Å². The minimum atomic E-state index is -0.0528. The van der Waals surface area contributed by atoms with E-state index in [0.717, 1.165) is 4.90 Å². The van der Waals surface area contributed by atoms with Crippen molar-refractivity contribution in [2.24, 2.45) is 0 Å². The number of carbonyl (C=O) groups is 1. The van der Waals surface area contributed by atoms with Crippen molar-refractivity contribution in [2.75, 3.05) is 11.1 Å². The lowest BCUT2D eigenvalue weighted by Gasteiger charge is -2.04. The van der Waals surface area contributed by atoms with Crippen molar-refractivity contribution >= 4 is 35.0 Å². The maximum absolute atomic E-state index is 11.7. The van der Waals surface area contributed by atoms with Gasteiger partial charge >= 0.3 is 0 Å². The number of thioether (sulfide) groups is 1. The van der Waals surface area contributed by atoms with Gasteiger partial charge in [-0.3, -0.25) is 9.78 Å². The molecule has 3 nitrogen and oxygen atoms in total. The van der Waals surface area contributed by atoms with Gasteiger partial charge in [0.2, 0.25) is 5.91 Å². The third-order valence-corrected chi connectivity index (χ3v) is 3.39. The van der Waals surface area contributed by atoms with Crippen molar-refractivity contribution in [1.29, 1.82) is 0 Å². The van der Waals surface area contributed by atoms with E-state index in [1.165, 1.54) is 11.8 Å². The lowest BCUT2D eigenvalue weighted by atomic mass is 10.4. The zero-order valence-electron chi connectivity index (χ0n) is 9.47. The topological polar surface area (TPSA) is 42.0 Å². The molecule has 18 heavy (non-hydrogen) atoms. The number of benzene rings is 1. The Labute approximate surface area is 115 Å². The van der Waals surface area contributed by atoms with Crippen LogP contribution in [-0.4, -0.2) is 16.6 Å². The first-order valence-electron chi connectivity index (χ1n) is 5.32. The minimum absolute atomic E-state index is 0.0528. The predicted molar refractivity (Wildman–Crippen MR) is 75.0 cm³/mol. The average molecular weight is 279 g/mol. The van der Waals surface area contributed by atoms with Gasteiger partial charge in [-0.05, 0) is 36.4 Å². The second kappa shape index (κ2) is 6.42. The van der Waals surface area contributed by atoms with Crippen LogP contribution in [0.2, 0.25) is 5.02 Å². The van der Waals surface area contributed by atoms with Crippen LogP contribution in [0.4, 0.5) is 5.69 Å². The summed E-state index contributed by atoms with van der Waals surface area (Å²) < 4.78 is 0. The van der Waals surface area contributed by atoms with E-state index in [2.05, 4.69) is 10.3 Å². The van der Waals surface area contributed by atoms with Crippen molar-refractivity contribution < 1.29 is 4.79 Å². The monoisotopic (exact) mass is 278 g/mol. The van der Waals surface area contributed by atoms with E-state index in [-0.39, 0.29) is 5.91 Å². The van der Waals surface area contributed by atoms with Crippen LogP contribution >= 0.6 is 23.4 Å². The number of amides is 1. The molecule has 0 saturated heterocycles. The maximum atomic E-state index is 11.7. The highest BCUT2D eigenvalue weighted by Crippen LogP contribution is 2.20. The smallest absolute Gasteiger partial charge is 0.234 e. The van der Waals surface area contributed by atoms with Gasteiger partial charge in [0.05, 0.1) is 17.6 Å².